The molecule has 9 nitrogen and oxygen atoms in total. The van der Waals surface area contributed by atoms with E-state index in [9.17, 15) is 14.7 Å². The summed E-state index contributed by atoms with van der Waals surface area (Å²) in [7, 11) is 0. The first-order chi connectivity index (χ1) is 16.9. The maximum Gasteiger partial charge on any atom is 0.256 e. The number of carbonyl (C=O) groups excluding carboxylic acids is 2. The molecular weight excluding hydrogens is 448 g/mol. The molecule has 188 valence electrons. The normalized spacial score (nSPS) is 18.9. The lowest BCUT2D eigenvalue weighted by molar-refractivity contribution is -0.130. The van der Waals surface area contributed by atoms with Crippen LogP contribution in [0.25, 0.3) is 0 Å². The van der Waals surface area contributed by atoms with E-state index in [2.05, 4.69) is 27.8 Å². The van der Waals surface area contributed by atoms with Crippen molar-refractivity contribution in [2.24, 2.45) is 0 Å². The van der Waals surface area contributed by atoms with Crippen molar-refractivity contribution in [2.45, 2.75) is 57.9 Å². The average Bonchev–Trinajstić information content (AvgIpc) is 2.87. The number of likely N-dealkylation sites (tertiary alicyclic amines) is 1. The smallest absolute Gasteiger partial charge is 0.256 e. The number of pyridine rings is 1. The van der Waals surface area contributed by atoms with Gasteiger partial charge in [-0.3, -0.25) is 9.59 Å². The van der Waals surface area contributed by atoms with E-state index < -0.39 is 6.10 Å². The number of fused-ring (bicyclic) bond motifs is 1. The van der Waals surface area contributed by atoms with E-state index >= 15 is 0 Å². The fourth-order valence-corrected chi connectivity index (χ4v) is 4.55. The van der Waals surface area contributed by atoms with Crippen LogP contribution in [0.2, 0.25) is 0 Å². The molecule has 2 atom stereocenters. The van der Waals surface area contributed by atoms with Gasteiger partial charge in [0, 0.05) is 58.1 Å². The SMILES string of the molecule is CCOc1nc(OC2CCN(C(C)=O)CC2)ccc1C(=O)NC[C@@H](O)[C@@H]1Cc2ccccc2CN1. The van der Waals surface area contributed by atoms with E-state index in [0.29, 0.717) is 44.1 Å². The zero-order chi connectivity index (χ0) is 24.8. The van der Waals surface area contributed by atoms with Gasteiger partial charge in [-0.2, -0.15) is 4.98 Å². The molecule has 0 saturated carbocycles. The summed E-state index contributed by atoms with van der Waals surface area (Å²) in [6.45, 7) is 5.86. The highest BCUT2D eigenvalue weighted by Gasteiger charge is 2.26. The van der Waals surface area contributed by atoms with Crippen molar-refractivity contribution in [3.8, 4) is 11.8 Å². The maximum absolute atomic E-state index is 12.9. The molecule has 3 heterocycles. The molecule has 35 heavy (non-hydrogen) atoms. The standard InChI is InChI=1S/C26H34N4O5/c1-3-34-26-21(8-9-24(29-26)35-20-10-12-30(13-11-20)17(2)31)25(33)28-16-23(32)22-14-18-6-4-5-7-19(18)15-27-22/h4-9,20,22-23,27,32H,3,10-16H2,1-2H3,(H,28,33)/t22-,23+/m0/s1. The Morgan fingerprint density at radius 1 is 1.20 bits per heavy atom. The summed E-state index contributed by atoms with van der Waals surface area (Å²) in [4.78, 5) is 30.6. The van der Waals surface area contributed by atoms with Gasteiger partial charge in [0.15, 0.2) is 0 Å². The zero-order valence-electron chi connectivity index (χ0n) is 20.3. The van der Waals surface area contributed by atoms with Crippen LogP contribution in [-0.2, 0) is 17.8 Å². The molecule has 4 rings (SSSR count). The first kappa shape index (κ1) is 24.9. The molecule has 2 aliphatic heterocycles. The molecule has 2 aromatic rings. The lowest BCUT2D eigenvalue weighted by atomic mass is 9.93. The number of piperidine rings is 1. The van der Waals surface area contributed by atoms with Crippen LogP contribution in [0.5, 0.6) is 11.8 Å². The Kier molecular flexibility index (Phi) is 8.20. The number of aromatic nitrogens is 1. The van der Waals surface area contributed by atoms with Gasteiger partial charge < -0.3 is 30.1 Å². The lowest BCUT2D eigenvalue weighted by Crippen LogP contribution is -2.49. The first-order valence-corrected chi connectivity index (χ1v) is 12.3. The highest BCUT2D eigenvalue weighted by molar-refractivity contribution is 5.96. The minimum atomic E-state index is -0.737. The second kappa shape index (κ2) is 11.5. The highest BCUT2D eigenvalue weighted by Crippen LogP contribution is 2.24. The molecule has 2 amide bonds. The van der Waals surface area contributed by atoms with Gasteiger partial charge in [-0.1, -0.05) is 24.3 Å². The van der Waals surface area contributed by atoms with Gasteiger partial charge in [0.2, 0.25) is 17.7 Å². The van der Waals surface area contributed by atoms with Crippen molar-refractivity contribution in [2.75, 3.05) is 26.2 Å². The topological polar surface area (TPSA) is 113 Å². The Hall–Kier alpha value is -3.17. The average molecular weight is 483 g/mol. The largest absolute Gasteiger partial charge is 0.477 e. The Morgan fingerprint density at radius 3 is 2.66 bits per heavy atom. The summed E-state index contributed by atoms with van der Waals surface area (Å²) in [5, 5.41) is 16.8. The molecule has 1 aromatic carbocycles. The fraction of sp³-hybridized carbons (Fsp3) is 0.500. The molecule has 1 saturated heterocycles. The summed E-state index contributed by atoms with van der Waals surface area (Å²) in [5.74, 6) is 0.293. The van der Waals surface area contributed by atoms with Gasteiger partial charge in [-0.05, 0) is 30.5 Å². The second-order valence-electron chi connectivity index (χ2n) is 9.00. The van der Waals surface area contributed by atoms with Crippen molar-refractivity contribution in [3.63, 3.8) is 0 Å². The van der Waals surface area contributed by atoms with Crippen molar-refractivity contribution in [3.05, 3.63) is 53.1 Å². The third-order valence-corrected chi connectivity index (χ3v) is 6.58. The molecule has 9 heteroatoms. The van der Waals surface area contributed by atoms with Crippen LogP contribution in [0.4, 0.5) is 0 Å². The number of amides is 2. The molecule has 2 aliphatic rings. The van der Waals surface area contributed by atoms with Crippen LogP contribution < -0.4 is 20.1 Å². The minimum Gasteiger partial charge on any atom is -0.477 e. The van der Waals surface area contributed by atoms with E-state index in [1.54, 1.807) is 19.1 Å². The lowest BCUT2D eigenvalue weighted by Gasteiger charge is -2.31. The third-order valence-electron chi connectivity index (χ3n) is 6.58. The summed E-state index contributed by atoms with van der Waals surface area (Å²) < 4.78 is 11.6. The van der Waals surface area contributed by atoms with Crippen molar-refractivity contribution in [1.82, 2.24) is 20.5 Å². The van der Waals surface area contributed by atoms with Crippen molar-refractivity contribution >= 4 is 11.8 Å². The van der Waals surface area contributed by atoms with Crippen LogP contribution in [0, 0.1) is 0 Å². The minimum absolute atomic E-state index is 0.0458. The molecule has 1 fully saturated rings. The molecule has 0 radical (unpaired) electrons. The van der Waals surface area contributed by atoms with Crippen LogP contribution in [0.15, 0.2) is 36.4 Å². The number of aliphatic hydroxyl groups excluding tert-OH is 1. The summed E-state index contributed by atoms with van der Waals surface area (Å²) in [5.41, 5.74) is 2.74. The predicted molar refractivity (Wildman–Crippen MR) is 130 cm³/mol. The number of benzene rings is 1. The molecule has 1 aromatic heterocycles. The predicted octanol–water partition coefficient (Wildman–Crippen LogP) is 1.68. The Labute approximate surface area is 205 Å². The summed E-state index contributed by atoms with van der Waals surface area (Å²) >= 11 is 0. The van der Waals surface area contributed by atoms with E-state index in [1.165, 1.54) is 11.1 Å². The summed E-state index contributed by atoms with van der Waals surface area (Å²) in [6.07, 6.45) is 1.38. The zero-order valence-corrected chi connectivity index (χ0v) is 20.3. The van der Waals surface area contributed by atoms with Gasteiger partial charge in [-0.15, -0.1) is 0 Å². The molecule has 0 spiro atoms. The van der Waals surface area contributed by atoms with Gasteiger partial charge in [-0.25, -0.2) is 0 Å². The monoisotopic (exact) mass is 482 g/mol. The van der Waals surface area contributed by atoms with E-state index in [4.69, 9.17) is 9.47 Å². The van der Waals surface area contributed by atoms with Gasteiger partial charge >= 0.3 is 0 Å². The van der Waals surface area contributed by atoms with Gasteiger partial charge in [0.25, 0.3) is 5.91 Å². The van der Waals surface area contributed by atoms with Gasteiger partial charge in [0.05, 0.1) is 12.7 Å². The van der Waals surface area contributed by atoms with E-state index in [0.717, 1.165) is 12.8 Å². The third kappa shape index (κ3) is 6.29. The highest BCUT2D eigenvalue weighted by atomic mass is 16.5. The fourth-order valence-electron chi connectivity index (χ4n) is 4.55. The number of nitrogens with zero attached hydrogens (tertiary/aromatic N) is 2. The maximum atomic E-state index is 12.9. The number of carbonyl (C=O) groups is 2. The number of rotatable bonds is 8. The number of ether oxygens (including phenoxy) is 2. The quantitative estimate of drug-likeness (QED) is 0.525. The summed E-state index contributed by atoms with van der Waals surface area (Å²) in [6, 6.07) is 11.3. The van der Waals surface area contributed by atoms with E-state index in [-0.39, 0.29) is 36.4 Å². The molecule has 0 aliphatic carbocycles. The van der Waals surface area contributed by atoms with Crippen LogP contribution in [-0.4, -0.2) is 71.3 Å². The van der Waals surface area contributed by atoms with Gasteiger partial charge in [0.1, 0.15) is 11.7 Å². The van der Waals surface area contributed by atoms with Crippen LogP contribution >= 0.6 is 0 Å². The second-order valence-corrected chi connectivity index (χ2v) is 9.00. The Balaban J connectivity index is 1.33. The van der Waals surface area contributed by atoms with Crippen molar-refractivity contribution in [1.29, 1.82) is 0 Å². The van der Waals surface area contributed by atoms with Crippen LogP contribution in [0.3, 0.4) is 0 Å². The van der Waals surface area contributed by atoms with Crippen LogP contribution in [0.1, 0.15) is 48.2 Å². The number of aliphatic hydroxyl groups is 1. The number of nitrogens with one attached hydrogen (secondary N) is 2. The first-order valence-electron chi connectivity index (χ1n) is 12.3. The van der Waals surface area contributed by atoms with E-state index in [1.807, 2.05) is 24.0 Å². The van der Waals surface area contributed by atoms with Crippen molar-refractivity contribution < 1.29 is 24.2 Å². The molecule has 3 N–H and O–H groups in total. The molecule has 0 unspecified atom stereocenters. The molecular formula is C26H34N4O5. The number of hydrogen-bond donors (Lipinski definition) is 3. The Morgan fingerprint density at radius 2 is 1.94 bits per heavy atom. The number of hydrogen-bond acceptors (Lipinski definition) is 7. The molecule has 0 bridgehead atoms. The Bertz CT molecular complexity index is 1040.